The normalized spacial score (nSPS) is 12.9. The predicted octanol–water partition coefficient (Wildman–Crippen LogP) is 2.62. The van der Waals surface area contributed by atoms with Crippen molar-refractivity contribution in [2.45, 2.75) is 19.4 Å². The Hall–Kier alpha value is -1.77. The summed E-state index contributed by atoms with van der Waals surface area (Å²) in [5.41, 5.74) is -0.781. The minimum atomic E-state index is -2.44. The Balaban J connectivity index is 2.43. The Kier molecular flexibility index (Phi) is 4.40. The number of anilines is 1. The van der Waals surface area contributed by atoms with Gasteiger partial charge in [0.25, 0.3) is 11.3 Å². The van der Waals surface area contributed by atoms with Crippen LogP contribution >= 0.6 is 11.3 Å². The molecule has 2 heterocycles. The molecule has 0 amide bonds. The highest BCUT2D eigenvalue weighted by Crippen LogP contribution is 2.36. The van der Waals surface area contributed by atoms with E-state index in [1.807, 2.05) is 12.1 Å². The molecule has 0 saturated carbocycles. The fraction of sp³-hybridized carbons (Fsp3) is 0.231. The molecule has 0 bridgehead atoms. The lowest BCUT2D eigenvalue weighted by atomic mass is 10.1. The van der Waals surface area contributed by atoms with Gasteiger partial charge in [0.1, 0.15) is 10.5 Å². The highest BCUT2D eigenvalue weighted by atomic mass is 32.2. The molecule has 1 unspecified atom stereocenters. The molecule has 2 aromatic rings. The Morgan fingerprint density at radius 3 is 2.57 bits per heavy atom. The van der Waals surface area contributed by atoms with E-state index in [2.05, 4.69) is 4.98 Å². The fourth-order valence-corrected chi connectivity index (χ4v) is 3.74. The number of carbonyl (C=O) groups is 1. The fourth-order valence-electron chi connectivity index (χ4n) is 1.72. The van der Waals surface area contributed by atoms with E-state index in [0.717, 1.165) is 14.9 Å². The van der Waals surface area contributed by atoms with Crippen LogP contribution in [-0.4, -0.2) is 30.4 Å². The van der Waals surface area contributed by atoms with Crippen LogP contribution in [0.5, 0.6) is 0 Å². The van der Waals surface area contributed by atoms with E-state index in [-0.39, 0.29) is 0 Å². The zero-order valence-electron chi connectivity index (χ0n) is 11.4. The monoisotopic (exact) mass is 326 g/mol. The second kappa shape index (κ2) is 5.92. The third-order valence-electron chi connectivity index (χ3n) is 2.90. The molecule has 0 aliphatic rings. The van der Waals surface area contributed by atoms with Gasteiger partial charge in [0, 0.05) is 6.20 Å². The van der Waals surface area contributed by atoms with Crippen LogP contribution in [0, 0.1) is 0 Å². The number of carboxylic acid groups (broad SMARTS) is 1. The molecule has 0 radical (unpaired) electrons. The van der Waals surface area contributed by atoms with Gasteiger partial charge in [-0.3, -0.25) is 9.54 Å². The first-order chi connectivity index (χ1) is 9.84. The van der Waals surface area contributed by atoms with Gasteiger partial charge in [-0.25, -0.2) is 13.3 Å². The van der Waals surface area contributed by atoms with Crippen molar-refractivity contribution in [3.63, 3.8) is 0 Å². The average molecular weight is 326 g/mol. The number of thiophene rings is 1. The minimum absolute atomic E-state index is 0.392. The van der Waals surface area contributed by atoms with Crippen LogP contribution in [0.3, 0.4) is 0 Å². The van der Waals surface area contributed by atoms with Gasteiger partial charge in [-0.1, -0.05) is 6.07 Å². The lowest BCUT2D eigenvalue weighted by Gasteiger charge is -2.31. The zero-order chi connectivity index (χ0) is 15.6. The minimum Gasteiger partial charge on any atom is -0.479 e. The van der Waals surface area contributed by atoms with Crippen LogP contribution in [-0.2, 0) is 16.1 Å². The van der Waals surface area contributed by atoms with E-state index < -0.39 is 22.8 Å². The van der Waals surface area contributed by atoms with Crippen LogP contribution in [0.25, 0.3) is 10.6 Å². The first kappa shape index (κ1) is 15.6. The molecule has 0 aliphatic carbocycles. The summed E-state index contributed by atoms with van der Waals surface area (Å²) in [6.07, 6.45) is 1.65. The van der Waals surface area contributed by atoms with Crippen molar-refractivity contribution in [2.24, 2.45) is 0 Å². The van der Waals surface area contributed by atoms with Gasteiger partial charge in [0.15, 0.2) is 0 Å². The first-order valence-electron chi connectivity index (χ1n) is 6.00. The van der Waals surface area contributed by atoms with Crippen molar-refractivity contribution < 1.29 is 18.7 Å². The van der Waals surface area contributed by atoms with Gasteiger partial charge in [-0.2, -0.15) is 0 Å². The molecule has 21 heavy (non-hydrogen) atoms. The predicted molar refractivity (Wildman–Crippen MR) is 82.5 cm³/mol. The van der Waals surface area contributed by atoms with E-state index in [9.17, 15) is 18.7 Å². The van der Waals surface area contributed by atoms with Crippen molar-refractivity contribution in [3.05, 3.63) is 36.5 Å². The Bertz CT molecular complexity index is 670. The second-order valence-electron chi connectivity index (χ2n) is 4.74. The van der Waals surface area contributed by atoms with Gasteiger partial charge in [-0.15, -0.1) is 11.3 Å². The summed E-state index contributed by atoms with van der Waals surface area (Å²) in [4.78, 5) is 16.3. The van der Waals surface area contributed by atoms with Crippen LogP contribution in [0.1, 0.15) is 13.8 Å². The maximum absolute atomic E-state index is 11.6. The van der Waals surface area contributed by atoms with Crippen LogP contribution in [0.2, 0.25) is 0 Å². The smallest absolute Gasteiger partial charge is 0.330 e. The molecule has 0 spiro atoms. The topological polar surface area (TPSA) is 90.7 Å². The second-order valence-corrected chi connectivity index (χ2v) is 6.63. The molecule has 2 rings (SSSR count). The SMILES string of the molecule is CC(C)(C(=O)O)N(c1ccc(-c2ccccn2)s1)S(=O)O. The Morgan fingerprint density at radius 1 is 1.33 bits per heavy atom. The Morgan fingerprint density at radius 2 is 2.05 bits per heavy atom. The van der Waals surface area contributed by atoms with E-state index in [1.54, 1.807) is 24.4 Å². The molecule has 0 saturated heterocycles. The number of hydrogen-bond acceptors (Lipinski definition) is 4. The maximum Gasteiger partial charge on any atom is 0.330 e. The lowest BCUT2D eigenvalue weighted by molar-refractivity contribution is -0.141. The van der Waals surface area contributed by atoms with Crippen molar-refractivity contribution in [3.8, 4) is 10.6 Å². The molecule has 0 fully saturated rings. The van der Waals surface area contributed by atoms with Crippen molar-refractivity contribution in [2.75, 3.05) is 4.31 Å². The van der Waals surface area contributed by atoms with E-state index >= 15 is 0 Å². The van der Waals surface area contributed by atoms with Gasteiger partial charge in [0.05, 0.1) is 10.6 Å². The number of aromatic nitrogens is 1. The van der Waals surface area contributed by atoms with Crippen molar-refractivity contribution in [1.29, 1.82) is 0 Å². The number of hydrogen-bond donors (Lipinski definition) is 2. The summed E-state index contributed by atoms with van der Waals surface area (Å²) in [7, 11) is 0. The van der Waals surface area contributed by atoms with Gasteiger partial charge < -0.3 is 5.11 Å². The van der Waals surface area contributed by atoms with E-state index in [0.29, 0.717) is 5.00 Å². The highest BCUT2D eigenvalue weighted by Gasteiger charge is 2.39. The molecule has 1 atom stereocenters. The van der Waals surface area contributed by atoms with Gasteiger partial charge in [0.2, 0.25) is 0 Å². The van der Waals surface area contributed by atoms with Crippen LogP contribution < -0.4 is 4.31 Å². The summed E-state index contributed by atoms with van der Waals surface area (Å²) in [6.45, 7) is 2.76. The zero-order valence-corrected chi connectivity index (χ0v) is 13.0. The molecule has 0 aromatic carbocycles. The molecule has 112 valence electrons. The molecular weight excluding hydrogens is 312 g/mol. The standard InChI is InChI=1S/C13H14N2O4S2/c1-13(2,12(16)17)15(21(18)19)11-7-6-10(20-11)9-5-3-4-8-14-9/h3-8H,1-2H3,(H,16,17)(H,18,19). The third-order valence-corrected chi connectivity index (χ3v) is 5.07. The maximum atomic E-state index is 11.6. The van der Waals surface area contributed by atoms with Crippen molar-refractivity contribution >= 4 is 33.6 Å². The molecule has 2 N–H and O–H groups in total. The first-order valence-corrected chi connectivity index (χ1v) is 7.88. The highest BCUT2D eigenvalue weighted by molar-refractivity contribution is 7.81. The summed E-state index contributed by atoms with van der Waals surface area (Å²) in [5, 5.41) is 9.64. The number of carboxylic acids is 1. The summed E-state index contributed by atoms with van der Waals surface area (Å²) in [6, 6.07) is 8.82. The number of aliphatic carboxylic acids is 1. The molecule has 0 aliphatic heterocycles. The quantitative estimate of drug-likeness (QED) is 0.824. The Labute approximate surface area is 128 Å². The summed E-state index contributed by atoms with van der Waals surface area (Å²) < 4.78 is 22.0. The van der Waals surface area contributed by atoms with E-state index in [4.69, 9.17) is 0 Å². The third kappa shape index (κ3) is 3.12. The average Bonchev–Trinajstić information content (AvgIpc) is 2.88. The number of nitrogens with zero attached hydrogens (tertiary/aromatic N) is 2. The van der Waals surface area contributed by atoms with Gasteiger partial charge >= 0.3 is 5.97 Å². The summed E-state index contributed by atoms with van der Waals surface area (Å²) >= 11 is -1.23. The molecular formula is C13H14N2O4S2. The van der Waals surface area contributed by atoms with Crippen molar-refractivity contribution in [1.82, 2.24) is 4.98 Å². The van der Waals surface area contributed by atoms with Gasteiger partial charge in [-0.05, 0) is 38.1 Å². The number of pyridine rings is 1. The molecule has 8 heteroatoms. The molecule has 6 nitrogen and oxygen atoms in total. The molecule has 2 aromatic heterocycles. The largest absolute Gasteiger partial charge is 0.479 e. The lowest BCUT2D eigenvalue weighted by Crippen LogP contribution is -2.50. The van der Waals surface area contributed by atoms with Crippen LogP contribution in [0.4, 0.5) is 5.00 Å². The van der Waals surface area contributed by atoms with E-state index in [1.165, 1.54) is 25.2 Å². The summed E-state index contributed by atoms with van der Waals surface area (Å²) in [5.74, 6) is -1.18. The van der Waals surface area contributed by atoms with Crippen LogP contribution in [0.15, 0.2) is 36.5 Å². The number of rotatable bonds is 5.